The molecule has 0 spiro atoms. The number of carbonyl (C=O) groups is 1. The van der Waals surface area contributed by atoms with E-state index in [9.17, 15) is 4.79 Å². The molecule has 6 heteroatoms. The van der Waals surface area contributed by atoms with E-state index in [4.69, 9.17) is 4.74 Å². The molecule has 0 aromatic carbocycles. The summed E-state index contributed by atoms with van der Waals surface area (Å²) in [4.78, 5) is 19.1. The number of fused-ring (bicyclic) bond motifs is 1. The van der Waals surface area contributed by atoms with Gasteiger partial charge in [-0.1, -0.05) is 19.9 Å². The number of amides is 2. The molecule has 1 aromatic heterocycles. The smallest absolute Gasteiger partial charge is 0.315 e. The van der Waals surface area contributed by atoms with Crippen LogP contribution in [0.25, 0.3) is 0 Å². The molecule has 4 rings (SSSR count). The highest BCUT2D eigenvalue weighted by Crippen LogP contribution is 2.52. The molecule has 0 bridgehead atoms. The number of hydrogen-bond acceptors (Lipinski definition) is 4. The lowest BCUT2D eigenvalue weighted by atomic mass is 9.57. The molecule has 136 valence electrons. The van der Waals surface area contributed by atoms with Crippen molar-refractivity contribution in [3.63, 3.8) is 0 Å². The van der Waals surface area contributed by atoms with Crippen molar-refractivity contribution < 1.29 is 9.53 Å². The first-order valence-electron chi connectivity index (χ1n) is 9.40. The van der Waals surface area contributed by atoms with Crippen LogP contribution in [0.5, 0.6) is 0 Å². The van der Waals surface area contributed by atoms with Crippen molar-refractivity contribution in [2.45, 2.75) is 51.3 Å². The number of pyridine rings is 1. The van der Waals surface area contributed by atoms with E-state index < -0.39 is 0 Å². The van der Waals surface area contributed by atoms with E-state index in [0.29, 0.717) is 12.0 Å². The van der Waals surface area contributed by atoms with Gasteiger partial charge in [-0.15, -0.1) is 0 Å². The number of anilines is 1. The standard InChI is InChI=1S/C19H28N4O2/c1-19(2)16(14-8-12-25-17(14)19)22-18(24)21-13-6-10-23(11-7-13)15-5-3-4-9-20-15/h3-5,9,13-14,16-17H,6-8,10-12H2,1-2H3,(H2,21,22,24)/t14-,16+,17-/m0/s1. The highest BCUT2D eigenvalue weighted by molar-refractivity contribution is 5.75. The molecule has 3 aliphatic rings. The first-order valence-corrected chi connectivity index (χ1v) is 9.40. The summed E-state index contributed by atoms with van der Waals surface area (Å²) in [6.45, 7) is 7.06. The lowest BCUT2D eigenvalue weighted by molar-refractivity contribution is -0.108. The van der Waals surface area contributed by atoms with Crippen LogP contribution in [0.15, 0.2) is 24.4 Å². The topological polar surface area (TPSA) is 66.5 Å². The van der Waals surface area contributed by atoms with E-state index in [1.54, 1.807) is 0 Å². The number of urea groups is 1. The maximum absolute atomic E-state index is 12.5. The summed E-state index contributed by atoms with van der Waals surface area (Å²) >= 11 is 0. The summed E-state index contributed by atoms with van der Waals surface area (Å²) in [7, 11) is 0. The third-order valence-electron chi connectivity index (χ3n) is 6.19. The number of nitrogens with zero attached hydrogens (tertiary/aromatic N) is 2. The van der Waals surface area contributed by atoms with E-state index in [-0.39, 0.29) is 23.5 Å². The molecule has 2 amide bonds. The van der Waals surface area contributed by atoms with Crippen LogP contribution < -0.4 is 15.5 Å². The van der Waals surface area contributed by atoms with Crippen molar-refractivity contribution >= 4 is 11.8 Å². The molecule has 3 heterocycles. The Morgan fingerprint density at radius 1 is 1.24 bits per heavy atom. The lowest BCUT2D eigenvalue weighted by Crippen LogP contribution is -2.68. The Morgan fingerprint density at radius 3 is 2.76 bits per heavy atom. The van der Waals surface area contributed by atoms with E-state index in [1.807, 2.05) is 24.4 Å². The molecule has 3 atom stereocenters. The quantitative estimate of drug-likeness (QED) is 0.882. The third-order valence-corrected chi connectivity index (χ3v) is 6.19. The van der Waals surface area contributed by atoms with Crippen LogP contribution in [-0.2, 0) is 4.74 Å². The molecule has 2 aliphatic heterocycles. The average molecular weight is 344 g/mol. The summed E-state index contributed by atoms with van der Waals surface area (Å²) in [5.41, 5.74) is 0.0286. The Kier molecular flexibility index (Phi) is 4.31. The maximum Gasteiger partial charge on any atom is 0.315 e. The van der Waals surface area contributed by atoms with Crippen molar-refractivity contribution in [3.8, 4) is 0 Å². The number of nitrogens with one attached hydrogen (secondary N) is 2. The molecule has 1 aromatic rings. The van der Waals surface area contributed by atoms with Gasteiger partial charge in [0.05, 0.1) is 6.10 Å². The predicted molar refractivity (Wildman–Crippen MR) is 96.6 cm³/mol. The number of aromatic nitrogens is 1. The Morgan fingerprint density at radius 2 is 2.04 bits per heavy atom. The minimum Gasteiger partial charge on any atom is -0.377 e. The molecule has 25 heavy (non-hydrogen) atoms. The van der Waals surface area contributed by atoms with Crippen molar-refractivity contribution in [2.24, 2.45) is 11.3 Å². The van der Waals surface area contributed by atoms with Crippen LogP contribution in [0.2, 0.25) is 0 Å². The van der Waals surface area contributed by atoms with Gasteiger partial charge in [-0.3, -0.25) is 0 Å². The Hall–Kier alpha value is -1.82. The molecule has 1 aliphatic carbocycles. The summed E-state index contributed by atoms with van der Waals surface area (Å²) < 4.78 is 5.80. The highest BCUT2D eigenvalue weighted by atomic mass is 16.5. The van der Waals surface area contributed by atoms with Crippen molar-refractivity contribution in [2.75, 3.05) is 24.6 Å². The molecule has 2 N–H and O–H groups in total. The first-order chi connectivity index (χ1) is 12.1. The van der Waals surface area contributed by atoms with Crippen molar-refractivity contribution in [3.05, 3.63) is 24.4 Å². The summed E-state index contributed by atoms with van der Waals surface area (Å²) in [5.74, 6) is 1.50. The second-order valence-corrected chi connectivity index (χ2v) is 8.11. The summed E-state index contributed by atoms with van der Waals surface area (Å²) in [6, 6.07) is 6.41. The number of rotatable bonds is 3. The van der Waals surface area contributed by atoms with Crippen LogP contribution in [0.4, 0.5) is 10.6 Å². The Labute approximate surface area is 149 Å². The number of piperidine rings is 1. The van der Waals surface area contributed by atoms with Gasteiger partial charge < -0.3 is 20.3 Å². The molecule has 1 saturated carbocycles. The monoisotopic (exact) mass is 344 g/mol. The first kappa shape index (κ1) is 16.6. The van der Waals surface area contributed by atoms with Crippen LogP contribution in [-0.4, -0.2) is 48.9 Å². The fourth-order valence-electron chi connectivity index (χ4n) is 4.78. The van der Waals surface area contributed by atoms with Crippen molar-refractivity contribution in [1.29, 1.82) is 0 Å². The normalized spacial score (nSPS) is 31.1. The molecule has 0 radical (unpaired) electrons. The zero-order valence-electron chi connectivity index (χ0n) is 15.1. The fraction of sp³-hybridized carbons (Fsp3) is 0.684. The van der Waals surface area contributed by atoms with Crippen LogP contribution in [0, 0.1) is 11.3 Å². The number of hydrogen-bond donors (Lipinski definition) is 2. The average Bonchev–Trinajstić information content (AvgIpc) is 3.08. The third kappa shape index (κ3) is 3.08. The second-order valence-electron chi connectivity index (χ2n) is 8.11. The van der Waals surface area contributed by atoms with Gasteiger partial charge in [0.2, 0.25) is 0 Å². The summed E-state index contributed by atoms with van der Waals surface area (Å²) in [6.07, 6.45) is 5.09. The van der Waals surface area contributed by atoms with Crippen LogP contribution in [0.1, 0.15) is 33.1 Å². The van der Waals surface area contributed by atoms with Gasteiger partial charge in [0.15, 0.2) is 0 Å². The minimum absolute atomic E-state index is 0.0280. The number of ether oxygens (including phenoxy) is 1. The lowest BCUT2D eigenvalue weighted by Gasteiger charge is -2.54. The zero-order valence-corrected chi connectivity index (χ0v) is 15.1. The molecule has 0 unspecified atom stereocenters. The van der Waals surface area contributed by atoms with Gasteiger partial charge in [-0.2, -0.15) is 0 Å². The fourth-order valence-corrected chi connectivity index (χ4v) is 4.78. The Bertz CT molecular complexity index is 613. The van der Waals surface area contributed by atoms with Crippen LogP contribution >= 0.6 is 0 Å². The molecular weight excluding hydrogens is 316 g/mol. The molecule has 3 fully saturated rings. The minimum atomic E-state index is -0.0280. The van der Waals surface area contributed by atoms with E-state index >= 15 is 0 Å². The Balaban J connectivity index is 1.26. The van der Waals surface area contributed by atoms with Gasteiger partial charge >= 0.3 is 6.03 Å². The largest absolute Gasteiger partial charge is 0.377 e. The van der Waals surface area contributed by atoms with E-state index in [1.165, 1.54) is 0 Å². The van der Waals surface area contributed by atoms with Gasteiger partial charge in [0.1, 0.15) is 5.82 Å². The molecular formula is C19H28N4O2. The van der Waals surface area contributed by atoms with E-state index in [2.05, 4.69) is 34.4 Å². The van der Waals surface area contributed by atoms with Crippen LogP contribution in [0.3, 0.4) is 0 Å². The predicted octanol–water partition coefficient (Wildman–Crippen LogP) is 2.16. The maximum atomic E-state index is 12.5. The molecule has 6 nitrogen and oxygen atoms in total. The zero-order chi connectivity index (χ0) is 17.4. The second kappa shape index (κ2) is 6.48. The highest BCUT2D eigenvalue weighted by Gasteiger charge is 2.59. The van der Waals surface area contributed by atoms with Gasteiger partial charge in [-0.25, -0.2) is 9.78 Å². The van der Waals surface area contributed by atoms with Gasteiger partial charge in [0.25, 0.3) is 0 Å². The number of carbonyl (C=O) groups excluding carboxylic acids is 1. The SMILES string of the molecule is CC1(C)[C@H](NC(=O)NC2CCN(c3ccccn3)CC2)[C@@H]2CCO[C@@H]21. The molecule has 2 saturated heterocycles. The van der Waals surface area contributed by atoms with Crippen molar-refractivity contribution in [1.82, 2.24) is 15.6 Å². The van der Waals surface area contributed by atoms with Gasteiger partial charge in [0, 0.05) is 49.3 Å². The van der Waals surface area contributed by atoms with Gasteiger partial charge in [-0.05, 0) is 31.4 Å². The summed E-state index contributed by atoms with van der Waals surface area (Å²) in [5, 5.41) is 6.38. The van der Waals surface area contributed by atoms with E-state index in [0.717, 1.165) is 44.8 Å².